The number of rotatable bonds is 11. The standard InChI is InChI=1S/C29H27ClF2NO6PS2/c1-39-27-12-5-6-13-28(27)42(37,38)33(18-20-14-15-25(26(30)16-20)29(31,32)40(34,35)36)19-22-8-3-4-11-24(22)21-9-7-10-23(17-21)41-2/h3-17H,18-19H2,1-2H3,(H2,34,35,36). The number of alkyl halides is 2. The van der Waals surface area contributed by atoms with Gasteiger partial charge in [-0.15, -0.1) is 11.8 Å². The molecule has 0 saturated heterocycles. The number of thioether (sulfide) groups is 1. The first-order valence-corrected chi connectivity index (χ1v) is 17.0. The molecule has 42 heavy (non-hydrogen) atoms. The van der Waals surface area contributed by atoms with Crippen molar-refractivity contribution in [3.8, 4) is 16.9 Å². The Hall–Kier alpha value is -2.76. The highest BCUT2D eigenvalue weighted by molar-refractivity contribution is 7.98. The number of methoxy groups -OCH3 is 1. The Morgan fingerprint density at radius 1 is 0.952 bits per heavy atom. The Morgan fingerprint density at radius 3 is 2.31 bits per heavy atom. The van der Waals surface area contributed by atoms with Crippen LogP contribution in [0.4, 0.5) is 8.78 Å². The third kappa shape index (κ3) is 6.73. The molecule has 222 valence electrons. The van der Waals surface area contributed by atoms with Crippen molar-refractivity contribution in [2.45, 2.75) is 28.5 Å². The molecule has 0 amide bonds. The van der Waals surface area contributed by atoms with Gasteiger partial charge in [-0.05, 0) is 58.8 Å². The van der Waals surface area contributed by atoms with Crippen molar-refractivity contribution in [3.05, 3.63) is 113 Å². The third-order valence-corrected chi connectivity index (χ3v) is 10.4. The normalized spacial score (nSPS) is 12.5. The van der Waals surface area contributed by atoms with Crippen molar-refractivity contribution in [1.82, 2.24) is 4.31 Å². The minimum Gasteiger partial charge on any atom is -0.495 e. The summed E-state index contributed by atoms with van der Waals surface area (Å²) in [4.78, 5) is 19.2. The first kappa shape index (κ1) is 32.2. The van der Waals surface area contributed by atoms with E-state index >= 15 is 0 Å². The molecular weight excluding hydrogens is 627 g/mol. The molecular formula is C29H27ClF2NO6PS2. The zero-order chi connectivity index (χ0) is 30.7. The van der Waals surface area contributed by atoms with E-state index in [4.69, 9.17) is 26.1 Å². The minimum absolute atomic E-state index is 0.0925. The van der Waals surface area contributed by atoms with E-state index in [2.05, 4.69) is 0 Å². The third-order valence-electron chi connectivity index (χ3n) is 6.51. The molecule has 0 unspecified atom stereocenters. The van der Waals surface area contributed by atoms with E-state index in [0.717, 1.165) is 28.2 Å². The van der Waals surface area contributed by atoms with Gasteiger partial charge in [0, 0.05) is 18.0 Å². The van der Waals surface area contributed by atoms with Crippen molar-refractivity contribution in [2.24, 2.45) is 0 Å². The summed E-state index contributed by atoms with van der Waals surface area (Å²) in [5, 5.41) is -0.607. The number of hydrogen-bond donors (Lipinski definition) is 2. The molecule has 2 N–H and O–H groups in total. The van der Waals surface area contributed by atoms with E-state index in [1.807, 2.05) is 48.7 Å². The quantitative estimate of drug-likeness (QED) is 0.129. The largest absolute Gasteiger partial charge is 0.495 e. The van der Waals surface area contributed by atoms with Crippen LogP contribution in [0.2, 0.25) is 5.02 Å². The molecule has 0 radical (unpaired) electrons. The Balaban J connectivity index is 1.81. The van der Waals surface area contributed by atoms with Crippen molar-refractivity contribution in [3.63, 3.8) is 0 Å². The van der Waals surface area contributed by atoms with Crippen LogP contribution in [-0.4, -0.2) is 35.9 Å². The van der Waals surface area contributed by atoms with Gasteiger partial charge >= 0.3 is 13.3 Å². The molecule has 0 bridgehead atoms. The average Bonchev–Trinajstić information content (AvgIpc) is 2.96. The molecule has 0 spiro atoms. The summed E-state index contributed by atoms with van der Waals surface area (Å²) in [6.07, 6.45) is 1.96. The van der Waals surface area contributed by atoms with Crippen molar-refractivity contribution in [1.29, 1.82) is 0 Å². The van der Waals surface area contributed by atoms with E-state index in [1.54, 1.807) is 30.0 Å². The lowest BCUT2D eigenvalue weighted by atomic mass is 9.99. The van der Waals surface area contributed by atoms with Crippen LogP contribution in [0.15, 0.2) is 101 Å². The van der Waals surface area contributed by atoms with Gasteiger partial charge in [-0.2, -0.15) is 13.1 Å². The van der Waals surface area contributed by atoms with Gasteiger partial charge in [0.2, 0.25) is 10.0 Å². The molecule has 0 aliphatic heterocycles. The second-order valence-corrected chi connectivity index (χ2v) is 14.1. The predicted molar refractivity (Wildman–Crippen MR) is 160 cm³/mol. The second kappa shape index (κ2) is 12.9. The molecule has 4 rings (SSSR count). The van der Waals surface area contributed by atoms with Gasteiger partial charge in [-0.25, -0.2) is 8.42 Å². The highest BCUT2D eigenvalue weighted by atomic mass is 35.5. The number of halogens is 3. The molecule has 0 aliphatic carbocycles. The zero-order valence-electron chi connectivity index (χ0n) is 22.4. The highest BCUT2D eigenvalue weighted by Crippen LogP contribution is 2.60. The SMILES string of the molecule is COc1ccccc1S(=O)(=O)N(Cc1ccc(C(F)(F)P(=O)(O)O)c(Cl)c1)Cc1ccccc1-c1cccc(SC)c1. The van der Waals surface area contributed by atoms with E-state index in [9.17, 15) is 21.8 Å². The summed E-state index contributed by atoms with van der Waals surface area (Å²) < 4.78 is 74.9. The Labute approximate surface area is 252 Å². The lowest BCUT2D eigenvalue weighted by Crippen LogP contribution is -2.31. The fraction of sp³-hybridized carbons (Fsp3) is 0.172. The minimum atomic E-state index is -5.86. The van der Waals surface area contributed by atoms with E-state index in [0.29, 0.717) is 5.56 Å². The summed E-state index contributed by atoms with van der Waals surface area (Å²) in [6, 6.07) is 24.3. The van der Waals surface area contributed by atoms with Gasteiger partial charge in [-0.3, -0.25) is 4.57 Å². The number of ether oxygens (including phenoxy) is 1. The maximum atomic E-state index is 14.4. The maximum Gasteiger partial charge on any atom is 0.399 e. The first-order valence-electron chi connectivity index (χ1n) is 12.4. The fourth-order valence-corrected chi connectivity index (χ4v) is 7.30. The molecule has 13 heteroatoms. The van der Waals surface area contributed by atoms with Crippen LogP contribution in [0, 0.1) is 0 Å². The maximum absolute atomic E-state index is 14.4. The molecule has 0 aliphatic rings. The fourth-order valence-electron chi connectivity index (χ4n) is 4.38. The lowest BCUT2D eigenvalue weighted by molar-refractivity contribution is 0.0565. The van der Waals surface area contributed by atoms with E-state index in [-0.39, 0.29) is 29.3 Å². The van der Waals surface area contributed by atoms with Gasteiger partial charge in [0.15, 0.2) is 0 Å². The van der Waals surface area contributed by atoms with Gasteiger partial charge in [0.05, 0.1) is 17.7 Å². The van der Waals surface area contributed by atoms with Crippen molar-refractivity contribution in [2.75, 3.05) is 13.4 Å². The van der Waals surface area contributed by atoms with Crippen LogP contribution in [0.1, 0.15) is 16.7 Å². The van der Waals surface area contributed by atoms with Crippen LogP contribution in [0.5, 0.6) is 5.75 Å². The van der Waals surface area contributed by atoms with Crippen LogP contribution < -0.4 is 4.74 Å². The van der Waals surface area contributed by atoms with Crippen LogP contribution >= 0.6 is 31.0 Å². The topological polar surface area (TPSA) is 104 Å². The molecule has 4 aromatic rings. The summed E-state index contributed by atoms with van der Waals surface area (Å²) in [5.41, 5.74) is -2.96. The van der Waals surface area contributed by atoms with Gasteiger partial charge in [-0.1, -0.05) is 72.3 Å². The number of para-hydroxylation sites is 1. The van der Waals surface area contributed by atoms with Gasteiger partial charge in [0.25, 0.3) is 0 Å². The molecule has 0 aromatic heterocycles. The average molecular weight is 654 g/mol. The number of sulfonamides is 1. The molecule has 0 heterocycles. The molecule has 0 fully saturated rings. The number of benzene rings is 4. The van der Waals surface area contributed by atoms with E-state index in [1.165, 1.54) is 29.6 Å². The van der Waals surface area contributed by atoms with Gasteiger partial charge in [0.1, 0.15) is 10.6 Å². The van der Waals surface area contributed by atoms with E-state index < -0.39 is 33.9 Å². The van der Waals surface area contributed by atoms with Gasteiger partial charge < -0.3 is 14.5 Å². The molecule has 0 atom stereocenters. The Bertz CT molecular complexity index is 1750. The van der Waals surface area contributed by atoms with Crippen LogP contribution in [0.3, 0.4) is 0 Å². The zero-order valence-corrected chi connectivity index (χ0v) is 25.7. The van der Waals surface area contributed by atoms with Crippen LogP contribution in [0.25, 0.3) is 11.1 Å². The summed E-state index contributed by atoms with van der Waals surface area (Å²) in [5.74, 6) is 0.123. The second-order valence-electron chi connectivity index (χ2n) is 9.21. The molecule has 0 saturated carbocycles. The predicted octanol–water partition coefficient (Wildman–Crippen LogP) is 7.36. The first-order chi connectivity index (χ1) is 19.8. The van der Waals surface area contributed by atoms with Crippen LogP contribution in [-0.2, 0) is 33.3 Å². The Kier molecular flexibility index (Phi) is 9.84. The summed E-state index contributed by atoms with van der Waals surface area (Å²) in [6.45, 7) is -0.390. The molecule has 4 aromatic carbocycles. The monoisotopic (exact) mass is 653 g/mol. The summed E-state index contributed by atoms with van der Waals surface area (Å²) in [7, 11) is -8.75. The smallest absolute Gasteiger partial charge is 0.399 e. The van der Waals surface area contributed by atoms with Crippen molar-refractivity contribution >= 4 is 41.0 Å². The summed E-state index contributed by atoms with van der Waals surface area (Å²) >= 11 is 7.64. The molecule has 7 nitrogen and oxygen atoms in total. The number of hydrogen-bond acceptors (Lipinski definition) is 5. The lowest BCUT2D eigenvalue weighted by Gasteiger charge is -2.25. The number of nitrogens with zero attached hydrogens (tertiary/aromatic N) is 1. The Morgan fingerprint density at radius 2 is 1.64 bits per heavy atom. The van der Waals surface area contributed by atoms with Crippen molar-refractivity contribution < 1.29 is 36.3 Å². The highest BCUT2D eigenvalue weighted by Gasteiger charge is 2.51.